The van der Waals surface area contributed by atoms with Crippen LogP contribution in [0.3, 0.4) is 0 Å². The Morgan fingerprint density at radius 3 is 0.900 bits per heavy atom. The molecule has 5 saturated carbocycles. The molecule has 0 spiro atoms. The zero-order chi connectivity index (χ0) is 33.6. The summed E-state index contributed by atoms with van der Waals surface area (Å²) in [6, 6.07) is 0. The van der Waals surface area contributed by atoms with Gasteiger partial charge in [0.25, 0.3) is 0 Å². The molecule has 0 aromatic rings. The number of hydrogen-bond donors (Lipinski definition) is 3. The van der Waals surface area contributed by atoms with Crippen LogP contribution in [0.15, 0.2) is 0 Å². The van der Waals surface area contributed by atoms with Gasteiger partial charge in [0, 0.05) is 291 Å². The smallest absolute Gasteiger partial charge is 0.309 e. The summed E-state index contributed by atoms with van der Waals surface area (Å²) in [5.41, 5.74) is 9.39. The fourth-order valence-corrected chi connectivity index (χ4v) is 2.13. The van der Waals surface area contributed by atoms with Crippen molar-refractivity contribution in [1.82, 2.24) is 0 Å². The van der Waals surface area contributed by atoms with Gasteiger partial charge >= 0.3 is 5.97 Å². The van der Waals surface area contributed by atoms with Crippen molar-refractivity contribution in [3.8, 4) is 0 Å². The first kappa shape index (κ1) is 80.0. The Hall–Kier alpha value is 5.93. The number of hydrogen-bond acceptors (Lipinski definition) is 5. The molecule has 0 radical (unpaired) electrons. The number of carbonyl (C=O) groups excluding carboxylic acids is 3. The van der Waals surface area contributed by atoms with E-state index >= 15 is 0 Å². The van der Waals surface area contributed by atoms with Gasteiger partial charge in [0.15, 0.2) is 0 Å². The minimum absolute atomic E-state index is 0. The Morgan fingerprint density at radius 2 is 0.900 bits per heavy atom. The van der Waals surface area contributed by atoms with Crippen molar-refractivity contribution in [3.05, 3.63) is 22.8 Å². The second-order valence-corrected chi connectivity index (χ2v) is 15.2. The van der Waals surface area contributed by atoms with Gasteiger partial charge in [-0.1, -0.05) is 28.2 Å². The molecule has 10 nitrogen and oxygen atoms in total. The fourth-order valence-electron chi connectivity index (χ4n) is 1.95. The molecule has 304 valence electrons. The number of amides is 2. The maximum atomic E-state index is 10.3. The van der Waals surface area contributed by atoms with Crippen molar-refractivity contribution >= 4 is 77.6 Å². The van der Waals surface area contributed by atoms with E-state index in [9.17, 15) is 19.2 Å². The number of carboxylic acids is 1. The van der Waals surface area contributed by atoms with Gasteiger partial charge in [-0.15, -0.1) is 12.4 Å². The largest absolute Gasteiger partial charge is 0.481 e. The SMILES string of the molecule is C.CC1(C(=O)Cl)CC1.CC1(C(=O)O)CC1.CC1(C(N)=O)CC1.CC1(C(N)=O)CC1.Cl.O=S(Cl)Cl.[Ar].[Ar].[Ar].[Ar].[Ar].[Ar].[C-]#[N+]C1(C)CC1.[C-]#[N+]CC. The van der Waals surface area contributed by atoms with Crippen molar-refractivity contribution in [2.75, 3.05) is 6.54 Å². The summed E-state index contributed by atoms with van der Waals surface area (Å²) < 4.78 is 9.09. The molecule has 21 heteroatoms. The van der Waals surface area contributed by atoms with E-state index in [-0.39, 0.29) is 291 Å². The van der Waals surface area contributed by atoms with Gasteiger partial charge in [-0.3, -0.25) is 19.2 Å². The number of primary amides is 2. The Kier molecular flexibility index (Phi) is 62.5. The fraction of sp³-hybridized carbons (Fsp3) is 0.793. The molecule has 2 amide bonds. The van der Waals surface area contributed by atoms with Gasteiger partial charge in [-0.05, 0) is 69.9 Å². The average molecular weight is 964 g/mol. The van der Waals surface area contributed by atoms with E-state index in [1.807, 2.05) is 34.6 Å². The Labute approximate surface area is 502 Å². The van der Waals surface area contributed by atoms with Gasteiger partial charge in [-0.2, -0.15) is 0 Å². The van der Waals surface area contributed by atoms with Crippen molar-refractivity contribution < 1.29 is 255 Å². The Morgan fingerprint density at radius 1 is 0.680 bits per heavy atom. The van der Waals surface area contributed by atoms with Crippen LogP contribution in [0.5, 0.6) is 0 Å². The zero-order valence-electron chi connectivity index (χ0n) is 27.9. The number of rotatable bonds is 4. The molecule has 0 saturated heterocycles. The first-order chi connectivity index (χ1) is 19.0. The van der Waals surface area contributed by atoms with E-state index < -0.39 is 15.2 Å². The molecule has 0 aliphatic heterocycles. The Bertz CT molecular complexity index is 968. The number of carbonyl (C=O) groups is 4. The summed E-state index contributed by atoms with van der Waals surface area (Å²) in [5.74, 6) is -0.937. The van der Waals surface area contributed by atoms with Gasteiger partial charge in [0.2, 0.25) is 38.4 Å². The molecular weight excluding hydrogens is 914 g/mol. The molecule has 5 N–H and O–H groups in total. The van der Waals surface area contributed by atoms with Crippen molar-refractivity contribution in [2.45, 2.75) is 119 Å². The first-order valence-corrected chi connectivity index (χ1v) is 16.7. The monoisotopic (exact) mass is 962 g/mol. The van der Waals surface area contributed by atoms with Crippen molar-refractivity contribution in [2.24, 2.45) is 33.1 Å². The summed E-state index contributed by atoms with van der Waals surface area (Å²) in [4.78, 5) is 47.4. The molecule has 0 aromatic heterocycles. The van der Waals surface area contributed by atoms with Crippen LogP contribution in [0, 0.1) is 261 Å². The van der Waals surface area contributed by atoms with E-state index in [1.165, 1.54) is 0 Å². The molecule has 5 aliphatic rings. The molecule has 0 heterocycles. The van der Waals surface area contributed by atoms with Gasteiger partial charge in [0.1, 0.15) is 0 Å². The number of nitrogens with zero attached hydrogens (tertiary/aromatic N) is 2. The number of halogens is 4. The maximum absolute atomic E-state index is 10.3. The molecule has 0 atom stereocenters. The maximum Gasteiger partial charge on any atom is 0.309 e. The van der Waals surface area contributed by atoms with E-state index in [0.29, 0.717) is 6.54 Å². The molecule has 5 fully saturated rings. The Balaban J connectivity index is -0.0000000459. The predicted octanol–water partition coefficient (Wildman–Crippen LogP) is 7.45. The average Bonchev–Trinajstić information content (AvgIpc) is 3.69. The summed E-state index contributed by atoms with van der Waals surface area (Å²) in [5, 5.41) is 8.14. The van der Waals surface area contributed by atoms with Crippen LogP contribution in [-0.4, -0.2) is 44.4 Å². The first-order valence-electron chi connectivity index (χ1n) is 13.5. The molecule has 0 aromatic carbocycles. The molecule has 50 heavy (non-hydrogen) atoms. The van der Waals surface area contributed by atoms with Gasteiger partial charge in [0.05, 0.1) is 5.41 Å². The molecule has 5 aliphatic carbocycles. The van der Waals surface area contributed by atoms with Crippen LogP contribution < -0.4 is 11.5 Å². The number of carboxylic acid groups (broad SMARTS) is 1. The third-order valence-corrected chi connectivity index (χ3v) is 8.04. The number of nitrogens with two attached hydrogens (primary N) is 2. The van der Waals surface area contributed by atoms with Crippen LogP contribution in [0.25, 0.3) is 9.69 Å². The van der Waals surface area contributed by atoms with Crippen LogP contribution >= 0.6 is 45.4 Å². The number of aliphatic carboxylic acids is 1. The second-order valence-electron chi connectivity index (χ2n) is 12.3. The summed E-state index contributed by atoms with van der Waals surface area (Å²) in [6.45, 7) is 24.5. The van der Waals surface area contributed by atoms with Crippen LogP contribution in [0.1, 0.15) is 113 Å². The van der Waals surface area contributed by atoms with E-state index in [2.05, 4.69) is 31.1 Å². The summed E-state index contributed by atoms with van der Waals surface area (Å²) in [6.07, 6.45) is 9.89. The van der Waals surface area contributed by atoms with E-state index in [1.54, 1.807) is 6.92 Å². The minimum Gasteiger partial charge on any atom is -0.481 e. The standard InChI is InChI=1S/C5H7ClO.2C5H9NO.C5H7N.C5H8O2.C3H5N.CH4.6Ar.Cl2OS.ClH/c3*1-5(2-3-5)4(6)7;1-5(6-2)3-4-5;1-5(2-3-5)4(6)7;1-3-4-2;;;;;;;;1-4(2)3;/h2-3H2,1H3;2*2-3H2,1H3,(H2,6,7);3-4H2,1H3;2-3H2,1H3,(H,6,7);3H2,1H3;1H4;;;;;;;;1H. The topological polar surface area (TPSA) is 166 Å². The molecular formula is C29H50Ar6Cl4N4O6S. The second kappa shape index (κ2) is 39.1. The van der Waals surface area contributed by atoms with Crippen molar-refractivity contribution in [1.29, 1.82) is 0 Å². The zero-order valence-corrected chi connectivity index (χ0v) is 36.0. The quantitative estimate of drug-likeness (QED) is 0.196. The third kappa shape index (κ3) is 43.5. The predicted molar refractivity (Wildman–Crippen MR) is 181 cm³/mol. The minimum atomic E-state index is -1.67. The van der Waals surface area contributed by atoms with Gasteiger partial charge in [-0.25, -0.2) is 17.4 Å². The van der Waals surface area contributed by atoms with Crippen molar-refractivity contribution in [3.63, 3.8) is 0 Å². The van der Waals surface area contributed by atoms with Crippen LogP contribution in [0.4, 0.5) is 0 Å². The van der Waals surface area contributed by atoms with Crippen LogP contribution in [0.2, 0.25) is 0 Å². The molecule has 5 rings (SSSR count). The summed E-state index contributed by atoms with van der Waals surface area (Å²) >= 11 is 5.18. The molecule has 0 unspecified atom stereocenters. The summed E-state index contributed by atoms with van der Waals surface area (Å²) in [7, 11) is 7.36. The normalized spacial score (nSPS) is 17.7. The molecule has 0 bridgehead atoms. The van der Waals surface area contributed by atoms with E-state index in [0.717, 1.165) is 64.2 Å². The van der Waals surface area contributed by atoms with Gasteiger partial charge < -0.3 is 26.3 Å². The third-order valence-electron chi connectivity index (χ3n) is 7.58. The van der Waals surface area contributed by atoms with Crippen LogP contribution in [-0.2, 0) is 28.4 Å². The van der Waals surface area contributed by atoms with E-state index in [4.69, 9.17) is 45.5 Å².